The maximum absolute atomic E-state index is 13.0. The molecule has 2 aliphatic rings. The molecule has 8 heteroatoms. The molecular weight excluding hydrogens is 418 g/mol. The van der Waals surface area contributed by atoms with Crippen molar-refractivity contribution in [2.24, 2.45) is 11.8 Å². The largest absolute Gasteiger partial charge is 0.367 e. The molecule has 3 heterocycles. The first-order chi connectivity index (χ1) is 16.0. The second-order valence-corrected chi connectivity index (χ2v) is 9.28. The molecule has 2 aromatic rings. The molecule has 2 unspecified atom stereocenters. The van der Waals surface area contributed by atoms with Crippen LogP contribution >= 0.6 is 0 Å². The molecule has 0 aliphatic carbocycles. The number of para-hydroxylation sites is 1. The van der Waals surface area contributed by atoms with Gasteiger partial charge < -0.3 is 24.5 Å². The Labute approximate surface area is 195 Å². The molecule has 2 saturated heterocycles. The first-order valence-electron chi connectivity index (χ1n) is 11.9. The van der Waals surface area contributed by atoms with Crippen LogP contribution in [0.15, 0.2) is 40.9 Å². The maximum atomic E-state index is 13.0. The van der Waals surface area contributed by atoms with Crippen molar-refractivity contribution in [3.05, 3.63) is 47.9 Å². The van der Waals surface area contributed by atoms with E-state index in [9.17, 15) is 9.59 Å². The van der Waals surface area contributed by atoms with E-state index in [0.29, 0.717) is 51.0 Å². The molecule has 2 amide bonds. The van der Waals surface area contributed by atoms with Gasteiger partial charge in [-0.3, -0.25) is 9.59 Å². The standard InChI is InChI=1S/C25H35N5O3/c1-19(31)29-10-12-30(13-11-29)25(32)15-20-8-9-26-17-21(20)14-22-16-24(33-27-22)18-28(2)23-6-4-3-5-7-23/h3-7,16,20-21,26H,8-15,17-18H2,1-2H3. The third-order valence-electron chi connectivity index (χ3n) is 6.95. The summed E-state index contributed by atoms with van der Waals surface area (Å²) in [4.78, 5) is 30.4. The lowest BCUT2D eigenvalue weighted by molar-refractivity contribution is -0.139. The Morgan fingerprint density at radius 3 is 2.58 bits per heavy atom. The van der Waals surface area contributed by atoms with Gasteiger partial charge in [-0.15, -0.1) is 0 Å². The number of aromatic nitrogens is 1. The normalized spacial score (nSPS) is 21.2. The minimum atomic E-state index is 0.0856. The number of piperazine rings is 1. The van der Waals surface area contributed by atoms with E-state index in [1.54, 1.807) is 6.92 Å². The zero-order chi connectivity index (χ0) is 23.2. The van der Waals surface area contributed by atoms with Crippen molar-refractivity contribution in [2.45, 2.75) is 32.7 Å². The molecule has 1 aromatic carbocycles. The fourth-order valence-corrected chi connectivity index (χ4v) is 4.91. The number of nitrogens with one attached hydrogen (secondary N) is 1. The van der Waals surface area contributed by atoms with Crippen molar-refractivity contribution >= 4 is 17.5 Å². The molecule has 0 spiro atoms. The zero-order valence-electron chi connectivity index (χ0n) is 19.7. The van der Waals surface area contributed by atoms with E-state index >= 15 is 0 Å². The smallest absolute Gasteiger partial charge is 0.222 e. The molecule has 2 atom stereocenters. The number of nitrogens with zero attached hydrogens (tertiary/aromatic N) is 4. The topological polar surface area (TPSA) is 81.9 Å². The summed E-state index contributed by atoms with van der Waals surface area (Å²) in [6.45, 7) is 6.62. The van der Waals surface area contributed by atoms with E-state index < -0.39 is 0 Å². The predicted molar refractivity (Wildman–Crippen MR) is 127 cm³/mol. The number of anilines is 1. The van der Waals surface area contributed by atoms with Crippen LogP contribution in [0, 0.1) is 11.8 Å². The molecule has 2 fully saturated rings. The summed E-state index contributed by atoms with van der Waals surface area (Å²) in [5.41, 5.74) is 2.09. The van der Waals surface area contributed by atoms with Crippen LogP contribution in [0.5, 0.6) is 0 Å². The monoisotopic (exact) mass is 453 g/mol. The van der Waals surface area contributed by atoms with Gasteiger partial charge in [0.2, 0.25) is 11.8 Å². The van der Waals surface area contributed by atoms with E-state index in [2.05, 4.69) is 27.5 Å². The molecule has 1 N–H and O–H groups in total. The number of hydrogen-bond acceptors (Lipinski definition) is 6. The van der Waals surface area contributed by atoms with Gasteiger partial charge in [0.25, 0.3) is 0 Å². The van der Waals surface area contributed by atoms with Crippen molar-refractivity contribution in [3.8, 4) is 0 Å². The minimum Gasteiger partial charge on any atom is -0.367 e. The molecule has 0 saturated carbocycles. The van der Waals surface area contributed by atoms with Crippen LogP contribution in [0.4, 0.5) is 5.69 Å². The van der Waals surface area contributed by atoms with Crippen molar-refractivity contribution in [2.75, 3.05) is 51.2 Å². The highest BCUT2D eigenvalue weighted by Crippen LogP contribution is 2.27. The first-order valence-corrected chi connectivity index (χ1v) is 11.9. The van der Waals surface area contributed by atoms with Crippen molar-refractivity contribution < 1.29 is 14.1 Å². The molecule has 8 nitrogen and oxygen atoms in total. The Kier molecular flexibility index (Phi) is 7.65. The van der Waals surface area contributed by atoms with Crippen LogP contribution in [0.1, 0.15) is 31.2 Å². The van der Waals surface area contributed by atoms with Gasteiger partial charge >= 0.3 is 0 Å². The van der Waals surface area contributed by atoms with Crippen LogP contribution < -0.4 is 10.2 Å². The summed E-state index contributed by atoms with van der Waals surface area (Å²) in [6, 6.07) is 12.3. The fourth-order valence-electron chi connectivity index (χ4n) is 4.91. The quantitative estimate of drug-likeness (QED) is 0.692. The summed E-state index contributed by atoms with van der Waals surface area (Å²) in [5, 5.41) is 7.80. The predicted octanol–water partition coefficient (Wildman–Crippen LogP) is 2.16. The molecule has 178 valence electrons. The van der Waals surface area contributed by atoms with Crippen LogP contribution in [0.3, 0.4) is 0 Å². The molecule has 1 aromatic heterocycles. The van der Waals surface area contributed by atoms with Crippen LogP contribution in [0.2, 0.25) is 0 Å². The maximum Gasteiger partial charge on any atom is 0.222 e. The fraction of sp³-hybridized carbons (Fsp3) is 0.560. The van der Waals surface area contributed by atoms with E-state index in [4.69, 9.17) is 4.52 Å². The SMILES string of the molecule is CC(=O)N1CCN(C(=O)CC2CCNCC2Cc2cc(CN(C)c3ccccc3)on2)CC1. The van der Waals surface area contributed by atoms with Gasteiger partial charge in [0.1, 0.15) is 0 Å². The summed E-state index contributed by atoms with van der Waals surface area (Å²) >= 11 is 0. The van der Waals surface area contributed by atoms with Gasteiger partial charge in [-0.2, -0.15) is 0 Å². The molecule has 0 radical (unpaired) electrons. The third-order valence-corrected chi connectivity index (χ3v) is 6.95. The van der Waals surface area contributed by atoms with Crippen molar-refractivity contribution in [1.82, 2.24) is 20.3 Å². The van der Waals surface area contributed by atoms with E-state index in [-0.39, 0.29) is 11.8 Å². The molecular formula is C25H35N5O3. The highest BCUT2D eigenvalue weighted by Gasteiger charge is 2.31. The Hall–Kier alpha value is -2.87. The summed E-state index contributed by atoms with van der Waals surface area (Å²) in [6.07, 6.45) is 2.36. The minimum absolute atomic E-state index is 0.0856. The zero-order valence-corrected chi connectivity index (χ0v) is 19.7. The Morgan fingerprint density at radius 2 is 1.85 bits per heavy atom. The van der Waals surface area contributed by atoms with E-state index in [1.165, 1.54) is 0 Å². The summed E-state index contributed by atoms with van der Waals surface area (Å²) < 4.78 is 5.62. The van der Waals surface area contributed by atoms with Gasteiger partial charge in [-0.25, -0.2) is 0 Å². The van der Waals surface area contributed by atoms with Gasteiger partial charge in [0.05, 0.1) is 12.2 Å². The van der Waals surface area contributed by atoms with Crippen LogP contribution in [0.25, 0.3) is 0 Å². The average molecular weight is 454 g/mol. The van der Waals surface area contributed by atoms with E-state index in [1.807, 2.05) is 41.1 Å². The van der Waals surface area contributed by atoms with Crippen LogP contribution in [-0.4, -0.2) is 73.1 Å². The van der Waals surface area contributed by atoms with Crippen molar-refractivity contribution in [1.29, 1.82) is 0 Å². The number of benzene rings is 1. The van der Waals surface area contributed by atoms with Crippen LogP contribution in [-0.2, 0) is 22.6 Å². The second-order valence-electron chi connectivity index (χ2n) is 9.28. The first kappa shape index (κ1) is 23.3. The lowest BCUT2D eigenvalue weighted by Gasteiger charge is -2.37. The highest BCUT2D eigenvalue weighted by atomic mass is 16.5. The lowest BCUT2D eigenvalue weighted by Crippen LogP contribution is -2.51. The Morgan fingerprint density at radius 1 is 1.12 bits per heavy atom. The number of hydrogen-bond donors (Lipinski definition) is 1. The third kappa shape index (κ3) is 6.13. The second kappa shape index (κ2) is 10.8. The lowest BCUT2D eigenvalue weighted by atomic mass is 9.81. The van der Waals surface area contributed by atoms with Gasteiger partial charge in [-0.05, 0) is 49.9 Å². The number of piperidine rings is 1. The summed E-state index contributed by atoms with van der Waals surface area (Å²) in [5.74, 6) is 1.82. The van der Waals surface area contributed by atoms with Gasteiger partial charge in [0, 0.05) is 58.3 Å². The molecule has 33 heavy (non-hydrogen) atoms. The molecule has 2 aliphatic heterocycles. The molecule has 4 rings (SSSR count). The number of amides is 2. The van der Waals surface area contributed by atoms with Gasteiger partial charge in [-0.1, -0.05) is 23.4 Å². The van der Waals surface area contributed by atoms with E-state index in [0.717, 1.165) is 43.1 Å². The van der Waals surface area contributed by atoms with Crippen molar-refractivity contribution in [3.63, 3.8) is 0 Å². The Bertz CT molecular complexity index is 923. The molecule has 0 bridgehead atoms. The number of rotatable bonds is 7. The number of carbonyl (C=O) groups excluding carboxylic acids is 2. The number of carbonyl (C=O) groups is 2. The average Bonchev–Trinajstić information content (AvgIpc) is 3.27. The van der Waals surface area contributed by atoms with Gasteiger partial charge in [0.15, 0.2) is 5.76 Å². The highest BCUT2D eigenvalue weighted by molar-refractivity contribution is 5.77. The summed E-state index contributed by atoms with van der Waals surface area (Å²) in [7, 11) is 2.04. The Balaban J connectivity index is 1.31.